The van der Waals surface area contributed by atoms with E-state index < -0.39 is 0 Å². The number of amides is 1. The van der Waals surface area contributed by atoms with Gasteiger partial charge in [-0.25, -0.2) is 4.98 Å². The maximum Gasteiger partial charge on any atom is 0.225 e. The maximum absolute atomic E-state index is 11.9. The molecule has 3 rings (SSSR count). The van der Waals surface area contributed by atoms with E-state index >= 15 is 0 Å². The number of benzene rings is 1. The van der Waals surface area contributed by atoms with Crippen molar-refractivity contribution in [1.29, 1.82) is 0 Å². The molecule has 1 aromatic heterocycles. The van der Waals surface area contributed by atoms with Gasteiger partial charge in [0.05, 0.1) is 9.99 Å². The zero-order chi connectivity index (χ0) is 13.2. The van der Waals surface area contributed by atoms with Crippen molar-refractivity contribution in [2.24, 2.45) is 5.92 Å². The van der Waals surface area contributed by atoms with Gasteiger partial charge in [0, 0.05) is 11.8 Å². The summed E-state index contributed by atoms with van der Waals surface area (Å²) in [6.07, 6.45) is 4.23. The fraction of sp³-hybridized carbons (Fsp3) is 0.333. The van der Waals surface area contributed by atoms with Crippen LogP contribution >= 0.6 is 15.9 Å². The molecule has 0 unspecified atom stereocenters. The summed E-state index contributed by atoms with van der Waals surface area (Å²) in [6, 6.07) is 9.87. The average molecular weight is 319 g/mol. The highest BCUT2D eigenvalue weighted by atomic mass is 79.9. The van der Waals surface area contributed by atoms with E-state index in [-0.39, 0.29) is 5.91 Å². The number of rotatable bonds is 3. The van der Waals surface area contributed by atoms with E-state index in [0.29, 0.717) is 18.2 Å². The van der Waals surface area contributed by atoms with Gasteiger partial charge in [0.15, 0.2) is 0 Å². The number of hydrogen-bond acceptors (Lipinski definition) is 2. The van der Waals surface area contributed by atoms with Gasteiger partial charge in [-0.2, -0.15) is 0 Å². The number of halogens is 1. The van der Waals surface area contributed by atoms with Gasteiger partial charge in [0.1, 0.15) is 5.82 Å². The number of para-hydroxylation sites is 1. The number of fused-ring (bicyclic) bond motifs is 1. The van der Waals surface area contributed by atoms with E-state index in [1.165, 1.54) is 19.3 Å². The van der Waals surface area contributed by atoms with Gasteiger partial charge in [-0.05, 0) is 46.8 Å². The molecule has 2 aromatic rings. The van der Waals surface area contributed by atoms with Crippen LogP contribution in [0.25, 0.3) is 10.9 Å². The molecule has 0 atom stereocenters. The smallest absolute Gasteiger partial charge is 0.225 e. The molecule has 1 saturated carbocycles. The first-order valence-electron chi connectivity index (χ1n) is 6.57. The second-order valence-electron chi connectivity index (χ2n) is 5.06. The summed E-state index contributed by atoms with van der Waals surface area (Å²) in [7, 11) is 0. The molecule has 19 heavy (non-hydrogen) atoms. The lowest BCUT2D eigenvalue weighted by Crippen LogP contribution is -2.21. The lowest BCUT2D eigenvalue weighted by atomic mass is 9.83. The molecule has 0 bridgehead atoms. The van der Waals surface area contributed by atoms with E-state index in [4.69, 9.17) is 0 Å². The Morgan fingerprint density at radius 2 is 2.16 bits per heavy atom. The highest BCUT2D eigenvalue weighted by Gasteiger charge is 2.21. The van der Waals surface area contributed by atoms with Crippen molar-refractivity contribution in [2.75, 3.05) is 5.32 Å². The van der Waals surface area contributed by atoms with Crippen LogP contribution < -0.4 is 5.32 Å². The monoisotopic (exact) mass is 318 g/mol. The summed E-state index contributed by atoms with van der Waals surface area (Å²) in [5.74, 6) is 1.25. The molecule has 1 heterocycles. The first-order valence-corrected chi connectivity index (χ1v) is 7.37. The number of pyridine rings is 1. The second kappa shape index (κ2) is 5.29. The van der Waals surface area contributed by atoms with Crippen LogP contribution in [-0.4, -0.2) is 10.9 Å². The lowest BCUT2D eigenvalue weighted by molar-refractivity contribution is -0.117. The third kappa shape index (κ3) is 2.78. The predicted octanol–water partition coefficient (Wildman–Crippen LogP) is 4.13. The third-order valence-electron chi connectivity index (χ3n) is 3.63. The zero-order valence-electron chi connectivity index (χ0n) is 10.5. The fourth-order valence-corrected chi connectivity index (χ4v) is 2.75. The topological polar surface area (TPSA) is 42.0 Å². The van der Waals surface area contributed by atoms with E-state index in [2.05, 4.69) is 26.2 Å². The molecule has 0 saturated heterocycles. The van der Waals surface area contributed by atoms with Crippen molar-refractivity contribution in [3.63, 3.8) is 0 Å². The molecule has 4 heteroatoms. The number of carbonyl (C=O) groups excluding carboxylic acids is 1. The van der Waals surface area contributed by atoms with Crippen LogP contribution in [0.3, 0.4) is 0 Å². The molecule has 1 amide bonds. The van der Waals surface area contributed by atoms with Crippen molar-refractivity contribution in [2.45, 2.75) is 25.7 Å². The molecule has 1 aliphatic carbocycles. The Kier molecular flexibility index (Phi) is 3.51. The average Bonchev–Trinajstić information content (AvgIpc) is 2.35. The summed E-state index contributed by atoms with van der Waals surface area (Å²) in [5.41, 5.74) is 0.893. The van der Waals surface area contributed by atoms with Crippen LogP contribution in [-0.2, 0) is 4.79 Å². The number of anilines is 1. The summed E-state index contributed by atoms with van der Waals surface area (Å²) in [6.45, 7) is 0. The molecule has 0 radical (unpaired) electrons. The summed E-state index contributed by atoms with van der Waals surface area (Å²) in [5, 5.41) is 3.97. The summed E-state index contributed by atoms with van der Waals surface area (Å²) >= 11 is 3.47. The predicted molar refractivity (Wildman–Crippen MR) is 80.0 cm³/mol. The molecule has 98 valence electrons. The molecule has 0 spiro atoms. The summed E-state index contributed by atoms with van der Waals surface area (Å²) < 4.78 is 0.827. The number of nitrogens with zero attached hydrogens (tertiary/aromatic N) is 1. The molecule has 1 aromatic carbocycles. The van der Waals surface area contributed by atoms with Gasteiger partial charge in [-0.15, -0.1) is 0 Å². The minimum Gasteiger partial charge on any atom is -0.310 e. The molecule has 1 fully saturated rings. The number of aromatic nitrogens is 1. The Balaban J connectivity index is 1.79. The van der Waals surface area contributed by atoms with Gasteiger partial charge in [-0.3, -0.25) is 4.79 Å². The van der Waals surface area contributed by atoms with E-state index in [1.807, 2.05) is 30.3 Å². The van der Waals surface area contributed by atoms with Crippen LogP contribution in [0.1, 0.15) is 25.7 Å². The van der Waals surface area contributed by atoms with E-state index in [9.17, 15) is 4.79 Å². The standard InChI is InChI=1S/C15H15BrN2O/c16-12-9-11-6-1-2-7-13(11)17-15(12)18-14(19)8-10-4-3-5-10/h1-2,6-7,9-10H,3-5,8H2,(H,17,18,19). The van der Waals surface area contributed by atoms with Crippen LogP contribution in [0.15, 0.2) is 34.8 Å². The Morgan fingerprint density at radius 3 is 2.89 bits per heavy atom. The molecule has 1 aliphatic rings. The van der Waals surface area contributed by atoms with Gasteiger partial charge in [0.25, 0.3) is 0 Å². The number of carbonyl (C=O) groups is 1. The largest absolute Gasteiger partial charge is 0.310 e. The molecule has 3 nitrogen and oxygen atoms in total. The van der Waals surface area contributed by atoms with E-state index in [0.717, 1.165) is 15.4 Å². The quantitative estimate of drug-likeness (QED) is 0.924. The van der Waals surface area contributed by atoms with Gasteiger partial charge in [0.2, 0.25) is 5.91 Å². The van der Waals surface area contributed by atoms with Crippen molar-refractivity contribution in [1.82, 2.24) is 4.98 Å². The van der Waals surface area contributed by atoms with Crippen molar-refractivity contribution in [3.8, 4) is 0 Å². The Hall–Kier alpha value is -1.42. The highest BCUT2D eigenvalue weighted by Crippen LogP contribution is 2.30. The van der Waals surface area contributed by atoms with Gasteiger partial charge in [-0.1, -0.05) is 24.6 Å². The van der Waals surface area contributed by atoms with Crippen LogP contribution in [0.4, 0.5) is 5.82 Å². The minimum absolute atomic E-state index is 0.0631. The number of hydrogen-bond donors (Lipinski definition) is 1. The van der Waals surface area contributed by atoms with Crippen LogP contribution in [0.5, 0.6) is 0 Å². The van der Waals surface area contributed by atoms with Crippen molar-refractivity contribution < 1.29 is 4.79 Å². The normalized spacial score (nSPS) is 15.2. The van der Waals surface area contributed by atoms with Crippen molar-refractivity contribution >= 4 is 38.6 Å². The first-order chi connectivity index (χ1) is 9.22. The van der Waals surface area contributed by atoms with Gasteiger partial charge >= 0.3 is 0 Å². The van der Waals surface area contributed by atoms with Crippen molar-refractivity contribution in [3.05, 3.63) is 34.8 Å². The van der Waals surface area contributed by atoms with E-state index in [1.54, 1.807) is 0 Å². The molecule has 1 N–H and O–H groups in total. The Labute approximate surface area is 120 Å². The first kappa shape index (κ1) is 12.6. The summed E-state index contributed by atoms with van der Waals surface area (Å²) in [4.78, 5) is 16.4. The minimum atomic E-state index is 0.0631. The lowest BCUT2D eigenvalue weighted by Gasteiger charge is -2.24. The Morgan fingerprint density at radius 1 is 1.37 bits per heavy atom. The van der Waals surface area contributed by atoms with Gasteiger partial charge < -0.3 is 5.32 Å². The number of nitrogens with one attached hydrogen (secondary N) is 1. The maximum atomic E-state index is 11.9. The van der Waals surface area contributed by atoms with Crippen LogP contribution in [0, 0.1) is 5.92 Å². The van der Waals surface area contributed by atoms with Crippen LogP contribution in [0.2, 0.25) is 0 Å². The molecular weight excluding hydrogens is 304 g/mol. The fourth-order valence-electron chi connectivity index (χ4n) is 2.32. The molecule has 0 aliphatic heterocycles. The highest BCUT2D eigenvalue weighted by molar-refractivity contribution is 9.10. The SMILES string of the molecule is O=C(CC1CCC1)Nc1nc2ccccc2cc1Br. The zero-order valence-corrected chi connectivity index (χ0v) is 12.1. The Bertz CT molecular complexity index is 623. The third-order valence-corrected chi connectivity index (χ3v) is 4.24. The molecular formula is C15H15BrN2O. The second-order valence-corrected chi connectivity index (χ2v) is 5.92.